The summed E-state index contributed by atoms with van der Waals surface area (Å²) in [4.78, 5) is 11.8. The van der Waals surface area contributed by atoms with Gasteiger partial charge in [0.25, 0.3) is 0 Å². The monoisotopic (exact) mass is 339 g/mol. The number of aryl methyl sites for hydroxylation is 1. The minimum atomic E-state index is 0.714. The molecule has 2 aromatic carbocycles. The van der Waals surface area contributed by atoms with Crippen LogP contribution in [0.2, 0.25) is 0 Å². The Balaban J connectivity index is 1.70. The van der Waals surface area contributed by atoms with Crippen molar-refractivity contribution in [2.45, 2.75) is 19.8 Å². The van der Waals surface area contributed by atoms with Crippen LogP contribution in [0.3, 0.4) is 0 Å². The lowest BCUT2D eigenvalue weighted by atomic mass is 10.0. The van der Waals surface area contributed by atoms with Gasteiger partial charge in [0.2, 0.25) is 0 Å². The number of hydrogen-bond donors (Lipinski definition) is 0. The molecule has 0 aliphatic heterocycles. The van der Waals surface area contributed by atoms with E-state index in [0.29, 0.717) is 5.69 Å². The molecule has 2 heterocycles. The number of pyridine rings is 1. The maximum Gasteiger partial charge on any atom is 0.167 e. The van der Waals surface area contributed by atoms with E-state index in [0.717, 1.165) is 35.8 Å². The number of benzene rings is 2. The highest BCUT2D eigenvalue weighted by Gasteiger charge is 2.12. The molecule has 0 unspecified atom stereocenters. The summed E-state index contributed by atoms with van der Waals surface area (Å²) in [5.41, 5.74) is 7.62. The molecule has 0 spiro atoms. The molecule has 4 aromatic rings. The molecule has 0 saturated heterocycles. The van der Waals surface area contributed by atoms with Gasteiger partial charge in [-0.05, 0) is 47.2 Å². The fourth-order valence-corrected chi connectivity index (χ4v) is 3.43. The average Bonchev–Trinajstić information content (AvgIpc) is 3.07. The number of carbonyl (C=O) groups is 1. The fraction of sp³-hybridized carbons (Fsp3) is 0.125. The van der Waals surface area contributed by atoms with Crippen LogP contribution in [0.5, 0.6) is 0 Å². The molecule has 0 N–H and O–H groups in total. The van der Waals surface area contributed by atoms with Gasteiger partial charge >= 0.3 is 0 Å². The van der Waals surface area contributed by atoms with Gasteiger partial charge < -0.3 is 4.40 Å². The van der Waals surface area contributed by atoms with Gasteiger partial charge in [-0.3, -0.25) is 4.79 Å². The van der Waals surface area contributed by atoms with Gasteiger partial charge in [0.1, 0.15) is 0 Å². The number of aldehydes is 1. The smallest absolute Gasteiger partial charge is 0.167 e. The third-order valence-electron chi connectivity index (χ3n) is 4.90. The highest BCUT2D eigenvalue weighted by Crippen LogP contribution is 2.28. The molecule has 0 fully saturated rings. The molecule has 0 radical (unpaired) electrons. The van der Waals surface area contributed by atoms with Crippen molar-refractivity contribution in [3.05, 3.63) is 101 Å². The zero-order valence-electron chi connectivity index (χ0n) is 14.9. The summed E-state index contributed by atoms with van der Waals surface area (Å²) < 4.78 is 2.00. The second-order valence-corrected chi connectivity index (χ2v) is 6.61. The lowest BCUT2D eigenvalue weighted by Gasteiger charge is -2.05. The minimum Gasteiger partial charge on any atom is -0.313 e. The molecule has 0 atom stereocenters. The quantitative estimate of drug-likeness (QED) is 0.435. The van der Waals surface area contributed by atoms with Crippen molar-refractivity contribution >= 4 is 11.8 Å². The molecule has 128 valence electrons. The third-order valence-corrected chi connectivity index (χ3v) is 4.90. The molecule has 0 bridgehead atoms. The van der Waals surface area contributed by atoms with Crippen molar-refractivity contribution in [2.24, 2.45) is 0 Å². The number of nitrogens with zero attached hydrogens (tertiary/aromatic N) is 1. The normalized spacial score (nSPS) is 11.0. The number of hydrogen-bond acceptors (Lipinski definition) is 1. The second-order valence-electron chi connectivity index (χ2n) is 6.61. The van der Waals surface area contributed by atoms with Crippen LogP contribution in [0.1, 0.15) is 34.1 Å². The number of aromatic nitrogens is 1. The summed E-state index contributed by atoms with van der Waals surface area (Å²) in [7, 11) is 0. The van der Waals surface area contributed by atoms with E-state index in [1.165, 1.54) is 16.7 Å². The predicted molar refractivity (Wildman–Crippen MR) is 107 cm³/mol. The van der Waals surface area contributed by atoms with Crippen molar-refractivity contribution in [1.29, 1.82) is 0 Å². The lowest BCUT2D eigenvalue weighted by Crippen LogP contribution is -1.94. The Morgan fingerprint density at radius 1 is 0.846 bits per heavy atom. The highest BCUT2D eigenvalue weighted by molar-refractivity contribution is 5.89. The zero-order valence-corrected chi connectivity index (χ0v) is 14.9. The van der Waals surface area contributed by atoms with Gasteiger partial charge in [-0.1, -0.05) is 67.6 Å². The molecule has 0 saturated carbocycles. The largest absolute Gasteiger partial charge is 0.313 e. The van der Waals surface area contributed by atoms with E-state index in [4.69, 9.17) is 0 Å². The molecule has 2 aromatic heterocycles. The lowest BCUT2D eigenvalue weighted by molar-refractivity contribution is 0.111. The van der Waals surface area contributed by atoms with Gasteiger partial charge in [0.15, 0.2) is 6.29 Å². The zero-order chi connectivity index (χ0) is 17.9. The van der Waals surface area contributed by atoms with Crippen molar-refractivity contribution in [3.63, 3.8) is 0 Å². The van der Waals surface area contributed by atoms with Crippen molar-refractivity contribution in [1.82, 2.24) is 4.40 Å². The van der Waals surface area contributed by atoms with Crippen molar-refractivity contribution < 1.29 is 4.79 Å². The van der Waals surface area contributed by atoms with Crippen LogP contribution < -0.4 is 0 Å². The van der Waals surface area contributed by atoms with Crippen LogP contribution in [-0.4, -0.2) is 10.7 Å². The molecule has 0 amide bonds. The minimum absolute atomic E-state index is 0.714. The summed E-state index contributed by atoms with van der Waals surface area (Å²) >= 11 is 0. The van der Waals surface area contributed by atoms with E-state index < -0.39 is 0 Å². The molecule has 0 aliphatic carbocycles. The first kappa shape index (κ1) is 16.3. The van der Waals surface area contributed by atoms with Crippen LogP contribution in [0.25, 0.3) is 16.6 Å². The third kappa shape index (κ3) is 3.06. The van der Waals surface area contributed by atoms with Gasteiger partial charge in [-0.15, -0.1) is 0 Å². The van der Waals surface area contributed by atoms with Gasteiger partial charge in [0.05, 0.1) is 5.69 Å². The van der Waals surface area contributed by atoms with E-state index >= 15 is 0 Å². The highest BCUT2D eigenvalue weighted by atomic mass is 16.1. The predicted octanol–water partition coefficient (Wildman–Crippen LogP) is 5.57. The molecule has 2 nitrogen and oxygen atoms in total. The van der Waals surface area contributed by atoms with Gasteiger partial charge in [-0.2, -0.15) is 0 Å². The summed E-state index contributed by atoms with van der Waals surface area (Å²) in [5.74, 6) is 0. The Labute approximate surface area is 153 Å². The van der Waals surface area contributed by atoms with E-state index in [-0.39, 0.29) is 0 Å². The van der Waals surface area contributed by atoms with E-state index in [9.17, 15) is 4.79 Å². The van der Waals surface area contributed by atoms with Crippen LogP contribution >= 0.6 is 0 Å². The Hall–Kier alpha value is -3.13. The summed E-state index contributed by atoms with van der Waals surface area (Å²) in [6, 6.07) is 25.3. The fourth-order valence-electron chi connectivity index (χ4n) is 3.43. The topological polar surface area (TPSA) is 21.5 Å². The molecular formula is C24H21NO. The van der Waals surface area contributed by atoms with Crippen LogP contribution in [0, 0.1) is 0 Å². The first-order valence-corrected chi connectivity index (χ1v) is 9.01. The Kier molecular flexibility index (Phi) is 4.40. The molecule has 26 heavy (non-hydrogen) atoms. The van der Waals surface area contributed by atoms with Crippen LogP contribution in [0.15, 0.2) is 79.0 Å². The maximum atomic E-state index is 11.8. The molecule has 4 rings (SSSR count). The van der Waals surface area contributed by atoms with Crippen LogP contribution in [0.4, 0.5) is 0 Å². The van der Waals surface area contributed by atoms with E-state index in [1.807, 2.05) is 10.5 Å². The Morgan fingerprint density at radius 2 is 1.54 bits per heavy atom. The second kappa shape index (κ2) is 7.01. The van der Waals surface area contributed by atoms with Crippen molar-refractivity contribution in [2.75, 3.05) is 0 Å². The van der Waals surface area contributed by atoms with Gasteiger partial charge in [0, 0.05) is 17.3 Å². The molecular weight excluding hydrogens is 318 g/mol. The standard InChI is InChI=1S/C24H21NO/c1-2-18-10-13-22-15-23(24(17-26)25(22)16-18)21-11-8-20(9-12-21)14-19-6-4-3-5-7-19/h3-13,15-17H,2,14H2,1H3. The summed E-state index contributed by atoms with van der Waals surface area (Å²) in [6.07, 6.45) is 4.89. The summed E-state index contributed by atoms with van der Waals surface area (Å²) in [5, 5.41) is 0. The summed E-state index contributed by atoms with van der Waals surface area (Å²) in [6.45, 7) is 2.12. The molecule has 2 heteroatoms. The first-order chi connectivity index (χ1) is 12.8. The number of fused-ring (bicyclic) bond motifs is 1. The number of rotatable bonds is 5. The van der Waals surface area contributed by atoms with E-state index in [2.05, 4.69) is 79.9 Å². The van der Waals surface area contributed by atoms with Crippen molar-refractivity contribution in [3.8, 4) is 11.1 Å². The Bertz CT molecular complexity index is 1040. The Morgan fingerprint density at radius 3 is 2.23 bits per heavy atom. The van der Waals surface area contributed by atoms with Crippen LogP contribution in [-0.2, 0) is 12.8 Å². The van der Waals surface area contributed by atoms with Gasteiger partial charge in [-0.25, -0.2) is 0 Å². The average molecular weight is 339 g/mol. The van der Waals surface area contributed by atoms with E-state index in [1.54, 1.807) is 0 Å². The maximum absolute atomic E-state index is 11.8. The molecule has 0 aliphatic rings. The number of carbonyl (C=O) groups excluding carboxylic acids is 1. The SMILES string of the molecule is CCc1ccc2cc(-c3ccc(Cc4ccccc4)cc3)c(C=O)n2c1. The first-order valence-electron chi connectivity index (χ1n) is 9.01.